The average Bonchev–Trinajstić information content (AvgIpc) is 2.21. The fourth-order valence-electron chi connectivity index (χ4n) is 1.57. The molecule has 0 aliphatic rings. The lowest BCUT2D eigenvalue weighted by Gasteiger charge is -2.10. The average molecular weight is 270 g/mol. The van der Waals surface area contributed by atoms with Gasteiger partial charge in [0.25, 0.3) is 0 Å². The SMILES string of the molecule is Cc1ccc(NC(=O)CC(C)CC(=O)O)cc1Cl. The molecule has 0 aromatic heterocycles. The summed E-state index contributed by atoms with van der Waals surface area (Å²) in [5.74, 6) is -1.29. The van der Waals surface area contributed by atoms with Gasteiger partial charge in [-0.25, -0.2) is 0 Å². The Hall–Kier alpha value is -1.55. The van der Waals surface area contributed by atoms with E-state index in [4.69, 9.17) is 16.7 Å². The quantitative estimate of drug-likeness (QED) is 0.863. The molecule has 98 valence electrons. The number of amides is 1. The van der Waals surface area contributed by atoms with E-state index in [1.807, 2.05) is 13.0 Å². The van der Waals surface area contributed by atoms with E-state index in [9.17, 15) is 9.59 Å². The van der Waals surface area contributed by atoms with Crippen LogP contribution in [0.3, 0.4) is 0 Å². The second kappa shape index (κ2) is 6.40. The molecule has 1 atom stereocenters. The van der Waals surface area contributed by atoms with Crippen LogP contribution >= 0.6 is 11.6 Å². The Morgan fingerprint density at radius 1 is 1.39 bits per heavy atom. The molecule has 1 aromatic rings. The second-order valence-corrected chi connectivity index (χ2v) is 4.83. The Kier molecular flexibility index (Phi) is 5.16. The minimum absolute atomic E-state index is 0.0118. The highest BCUT2D eigenvalue weighted by molar-refractivity contribution is 6.31. The molecule has 0 bridgehead atoms. The summed E-state index contributed by atoms with van der Waals surface area (Å²) in [5, 5.41) is 11.9. The maximum atomic E-state index is 11.7. The summed E-state index contributed by atoms with van der Waals surface area (Å²) in [6.07, 6.45) is 0.167. The molecular formula is C13H16ClNO3. The molecule has 4 nitrogen and oxygen atoms in total. The highest BCUT2D eigenvalue weighted by atomic mass is 35.5. The number of halogens is 1. The minimum atomic E-state index is -0.895. The zero-order valence-electron chi connectivity index (χ0n) is 10.4. The lowest BCUT2D eigenvalue weighted by atomic mass is 10.0. The van der Waals surface area contributed by atoms with E-state index in [0.29, 0.717) is 10.7 Å². The monoisotopic (exact) mass is 269 g/mol. The van der Waals surface area contributed by atoms with Crippen LogP contribution < -0.4 is 5.32 Å². The van der Waals surface area contributed by atoms with Gasteiger partial charge < -0.3 is 10.4 Å². The maximum absolute atomic E-state index is 11.7. The van der Waals surface area contributed by atoms with Gasteiger partial charge >= 0.3 is 5.97 Å². The summed E-state index contributed by atoms with van der Waals surface area (Å²) in [4.78, 5) is 22.1. The molecule has 0 heterocycles. The number of benzene rings is 1. The number of hydrogen-bond donors (Lipinski definition) is 2. The standard InChI is InChI=1S/C13H16ClNO3/c1-8(6-13(17)18)5-12(16)15-10-4-3-9(2)11(14)7-10/h3-4,7-8H,5-6H2,1-2H3,(H,15,16)(H,17,18). The lowest BCUT2D eigenvalue weighted by molar-refractivity contribution is -0.138. The first-order valence-electron chi connectivity index (χ1n) is 5.66. The predicted octanol–water partition coefficient (Wildman–Crippen LogP) is 3.09. The number of anilines is 1. The Balaban J connectivity index is 2.54. The molecule has 0 aliphatic carbocycles. The van der Waals surface area contributed by atoms with Crippen LogP contribution in [0.5, 0.6) is 0 Å². The van der Waals surface area contributed by atoms with Gasteiger partial charge in [-0.2, -0.15) is 0 Å². The maximum Gasteiger partial charge on any atom is 0.303 e. The largest absolute Gasteiger partial charge is 0.481 e. The number of nitrogens with one attached hydrogen (secondary N) is 1. The highest BCUT2D eigenvalue weighted by Crippen LogP contribution is 2.20. The van der Waals surface area contributed by atoms with Crippen LogP contribution in [-0.2, 0) is 9.59 Å². The van der Waals surface area contributed by atoms with Gasteiger partial charge in [-0.1, -0.05) is 24.6 Å². The van der Waals surface area contributed by atoms with Crippen LogP contribution in [0, 0.1) is 12.8 Å². The number of rotatable bonds is 5. The van der Waals surface area contributed by atoms with Crippen LogP contribution in [-0.4, -0.2) is 17.0 Å². The van der Waals surface area contributed by atoms with Crippen molar-refractivity contribution in [3.8, 4) is 0 Å². The summed E-state index contributed by atoms with van der Waals surface area (Å²) in [6.45, 7) is 3.61. The third kappa shape index (κ3) is 4.75. The van der Waals surface area contributed by atoms with Gasteiger partial charge in [0, 0.05) is 23.6 Å². The molecule has 5 heteroatoms. The topological polar surface area (TPSA) is 66.4 Å². The van der Waals surface area contributed by atoms with Gasteiger partial charge in [0.05, 0.1) is 0 Å². The lowest BCUT2D eigenvalue weighted by Crippen LogP contribution is -2.16. The normalized spacial score (nSPS) is 11.9. The van der Waals surface area contributed by atoms with Crippen LogP contribution in [0.2, 0.25) is 5.02 Å². The first kappa shape index (κ1) is 14.5. The molecule has 0 aliphatic heterocycles. The van der Waals surface area contributed by atoms with Crippen molar-refractivity contribution in [1.82, 2.24) is 0 Å². The molecular weight excluding hydrogens is 254 g/mol. The minimum Gasteiger partial charge on any atom is -0.481 e. The van der Waals surface area contributed by atoms with E-state index in [0.717, 1.165) is 5.56 Å². The van der Waals surface area contributed by atoms with E-state index in [2.05, 4.69) is 5.32 Å². The Morgan fingerprint density at radius 3 is 2.61 bits per heavy atom. The predicted molar refractivity (Wildman–Crippen MR) is 70.9 cm³/mol. The molecule has 1 amide bonds. The molecule has 0 radical (unpaired) electrons. The highest BCUT2D eigenvalue weighted by Gasteiger charge is 2.12. The molecule has 1 rings (SSSR count). The summed E-state index contributed by atoms with van der Waals surface area (Å²) < 4.78 is 0. The number of hydrogen-bond acceptors (Lipinski definition) is 2. The van der Waals surface area contributed by atoms with Gasteiger partial charge in [-0.3, -0.25) is 9.59 Å². The molecule has 1 unspecified atom stereocenters. The number of carbonyl (C=O) groups is 2. The summed E-state index contributed by atoms with van der Waals surface area (Å²) in [5.41, 5.74) is 1.56. The van der Waals surface area contributed by atoms with Crippen LogP contribution in [0.15, 0.2) is 18.2 Å². The number of aliphatic carboxylic acids is 1. The number of aryl methyl sites for hydroxylation is 1. The number of carbonyl (C=O) groups excluding carboxylic acids is 1. The first-order chi connectivity index (χ1) is 8.38. The zero-order valence-corrected chi connectivity index (χ0v) is 11.1. The summed E-state index contributed by atoms with van der Waals surface area (Å²) in [7, 11) is 0. The van der Waals surface area contributed by atoms with E-state index >= 15 is 0 Å². The molecule has 18 heavy (non-hydrogen) atoms. The van der Waals surface area contributed by atoms with Crippen molar-refractivity contribution in [1.29, 1.82) is 0 Å². The van der Waals surface area contributed by atoms with E-state index in [-0.39, 0.29) is 24.7 Å². The summed E-state index contributed by atoms with van der Waals surface area (Å²) in [6, 6.07) is 5.26. The molecule has 2 N–H and O–H groups in total. The van der Waals surface area contributed by atoms with Gasteiger partial charge in [-0.15, -0.1) is 0 Å². The molecule has 0 fully saturated rings. The molecule has 0 spiro atoms. The first-order valence-corrected chi connectivity index (χ1v) is 6.04. The van der Waals surface area contributed by atoms with Crippen molar-refractivity contribution in [3.63, 3.8) is 0 Å². The van der Waals surface area contributed by atoms with Gasteiger partial charge in [0.2, 0.25) is 5.91 Å². The molecule has 0 saturated heterocycles. The van der Waals surface area contributed by atoms with Crippen molar-refractivity contribution < 1.29 is 14.7 Å². The molecule has 0 saturated carbocycles. The Labute approximate surface area is 111 Å². The zero-order chi connectivity index (χ0) is 13.7. The van der Waals surface area contributed by atoms with Crippen molar-refractivity contribution in [2.45, 2.75) is 26.7 Å². The van der Waals surface area contributed by atoms with Crippen molar-refractivity contribution >= 4 is 29.2 Å². The van der Waals surface area contributed by atoms with E-state index < -0.39 is 5.97 Å². The Bertz CT molecular complexity index is 460. The van der Waals surface area contributed by atoms with Crippen LogP contribution in [0.25, 0.3) is 0 Å². The fraction of sp³-hybridized carbons (Fsp3) is 0.385. The third-order valence-corrected chi connectivity index (χ3v) is 2.92. The molecule has 1 aromatic carbocycles. The van der Waals surface area contributed by atoms with Crippen molar-refractivity contribution in [2.24, 2.45) is 5.92 Å². The third-order valence-electron chi connectivity index (χ3n) is 2.51. The fourth-order valence-corrected chi connectivity index (χ4v) is 1.75. The van der Waals surface area contributed by atoms with Gasteiger partial charge in [0.15, 0.2) is 0 Å². The van der Waals surface area contributed by atoms with Gasteiger partial charge in [0.1, 0.15) is 0 Å². The van der Waals surface area contributed by atoms with E-state index in [1.165, 1.54) is 0 Å². The van der Waals surface area contributed by atoms with E-state index in [1.54, 1.807) is 19.1 Å². The van der Waals surface area contributed by atoms with Crippen molar-refractivity contribution in [2.75, 3.05) is 5.32 Å². The van der Waals surface area contributed by atoms with Crippen molar-refractivity contribution in [3.05, 3.63) is 28.8 Å². The van der Waals surface area contributed by atoms with Crippen LogP contribution in [0.1, 0.15) is 25.3 Å². The second-order valence-electron chi connectivity index (χ2n) is 4.42. The van der Waals surface area contributed by atoms with Crippen LogP contribution in [0.4, 0.5) is 5.69 Å². The number of carboxylic acid groups (broad SMARTS) is 1. The van der Waals surface area contributed by atoms with Gasteiger partial charge in [-0.05, 0) is 30.5 Å². The smallest absolute Gasteiger partial charge is 0.303 e. The summed E-state index contributed by atoms with van der Waals surface area (Å²) >= 11 is 5.94. The Morgan fingerprint density at radius 2 is 2.06 bits per heavy atom. The number of carboxylic acids is 1.